The maximum atomic E-state index is 14.2. The van der Waals surface area contributed by atoms with Crippen LogP contribution in [0.4, 0.5) is 10.1 Å². The minimum absolute atomic E-state index is 0.141. The lowest BCUT2D eigenvalue weighted by Crippen LogP contribution is -2.27. The van der Waals surface area contributed by atoms with E-state index in [4.69, 9.17) is 11.6 Å². The monoisotopic (exact) mass is 297 g/mol. The fourth-order valence-corrected chi connectivity index (χ4v) is 3.42. The fraction of sp³-hybridized carbons (Fsp3) is 0.647. The van der Waals surface area contributed by atoms with Gasteiger partial charge in [-0.2, -0.15) is 0 Å². The van der Waals surface area contributed by atoms with Gasteiger partial charge in [-0.3, -0.25) is 0 Å². The third-order valence-electron chi connectivity index (χ3n) is 4.48. The van der Waals surface area contributed by atoms with Crippen LogP contribution in [-0.4, -0.2) is 13.1 Å². The van der Waals surface area contributed by atoms with Crippen LogP contribution in [-0.2, 0) is 5.88 Å². The van der Waals surface area contributed by atoms with Gasteiger partial charge in [-0.15, -0.1) is 11.6 Å². The highest BCUT2D eigenvalue weighted by Gasteiger charge is 2.28. The molecule has 112 valence electrons. The first-order valence-electron chi connectivity index (χ1n) is 7.52. The zero-order chi connectivity index (χ0) is 14.8. The van der Waals surface area contributed by atoms with Crippen LogP contribution in [0.25, 0.3) is 0 Å². The molecule has 20 heavy (non-hydrogen) atoms. The van der Waals surface area contributed by atoms with Crippen LogP contribution in [0, 0.1) is 17.2 Å². The standard InChI is InChI=1S/C17H25ClFN/c1-17(2,3)14-7-5-10-20(11-9-14)16-13(12-18)6-4-8-15(16)19/h4,6,8,14H,5,7,9-12H2,1-3H3. The highest BCUT2D eigenvalue weighted by molar-refractivity contribution is 6.17. The van der Waals surface area contributed by atoms with Crippen LogP contribution in [0.5, 0.6) is 0 Å². The zero-order valence-electron chi connectivity index (χ0n) is 12.8. The molecule has 1 heterocycles. The second kappa shape index (κ2) is 6.34. The number of anilines is 1. The van der Waals surface area contributed by atoms with Crippen LogP contribution < -0.4 is 4.90 Å². The van der Waals surface area contributed by atoms with Gasteiger partial charge in [0.2, 0.25) is 0 Å². The van der Waals surface area contributed by atoms with Gasteiger partial charge in [0.1, 0.15) is 5.82 Å². The van der Waals surface area contributed by atoms with Crippen LogP contribution >= 0.6 is 11.6 Å². The molecule has 0 saturated carbocycles. The van der Waals surface area contributed by atoms with Crippen molar-refractivity contribution in [2.24, 2.45) is 11.3 Å². The first-order valence-corrected chi connectivity index (χ1v) is 8.05. The normalized spacial score (nSPS) is 20.9. The van der Waals surface area contributed by atoms with Gasteiger partial charge in [-0.1, -0.05) is 32.9 Å². The van der Waals surface area contributed by atoms with Crippen molar-refractivity contribution in [1.82, 2.24) is 0 Å². The van der Waals surface area contributed by atoms with Crippen LogP contribution in [0.15, 0.2) is 18.2 Å². The van der Waals surface area contributed by atoms with Crippen molar-refractivity contribution >= 4 is 17.3 Å². The number of benzene rings is 1. The number of hydrogen-bond donors (Lipinski definition) is 0. The highest BCUT2D eigenvalue weighted by Crippen LogP contribution is 2.36. The number of nitrogens with zero attached hydrogens (tertiary/aromatic N) is 1. The Kier molecular flexibility index (Phi) is 4.95. The number of para-hydroxylation sites is 1. The Morgan fingerprint density at radius 1 is 1.25 bits per heavy atom. The van der Waals surface area contributed by atoms with Crippen molar-refractivity contribution in [2.45, 2.75) is 45.9 Å². The van der Waals surface area contributed by atoms with Crippen molar-refractivity contribution in [3.63, 3.8) is 0 Å². The van der Waals surface area contributed by atoms with E-state index in [-0.39, 0.29) is 5.82 Å². The van der Waals surface area contributed by atoms with E-state index in [1.807, 2.05) is 6.07 Å². The maximum absolute atomic E-state index is 14.2. The van der Waals surface area contributed by atoms with E-state index in [1.165, 1.54) is 12.5 Å². The largest absolute Gasteiger partial charge is 0.369 e. The summed E-state index contributed by atoms with van der Waals surface area (Å²) in [6.45, 7) is 8.77. The molecule has 1 atom stereocenters. The molecule has 3 heteroatoms. The Balaban J connectivity index is 2.19. The molecule has 0 aromatic heterocycles. The van der Waals surface area contributed by atoms with E-state index in [2.05, 4.69) is 25.7 Å². The molecule has 0 amide bonds. The van der Waals surface area contributed by atoms with Gasteiger partial charge in [0.25, 0.3) is 0 Å². The van der Waals surface area contributed by atoms with Crippen LogP contribution in [0.3, 0.4) is 0 Å². The average molecular weight is 298 g/mol. The second-order valence-corrected chi connectivity index (χ2v) is 7.13. The topological polar surface area (TPSA) is 3.24 Å². The van der Waals surface area contributed by atoms with Gasteiger partial charge < -0.3 is 4.90 Å². The first kappa shape index (κ1) is 15.6. The lowest BCUT2D eigenvalue weighted by Gasteiger charge is -2.30. The summed E-state index contributed by atoms with van der Waals surface area (Å²) in [4.78, 5) is 2.19. The molecule has 0 radical (unpaired) electrons. The minimum Gasteiger partial charge on any atom is -0.369 e. The zero-order valence-corrected chi connectivity index (χ0v) is 13.5. The molecular weight excluding hydrogens is 273 g/mol. The Bertz CT molecular complexity index is 453. The summed E-state index contributed by atoms with van der Waals surface area (Å²) in [5, 5.41) is 0. The molecule has 1 saturated heterocycles. The molecule has 1 aromatic rings. The molecule has 1 aliphatic rings. The van der Waals surface area contributed by atoms with Crippen LogP contribution in [0.2, 0.25) is 0 Å². The molecule has 0 spiro atoms. The highest BCUT2D eigenvalue weighted by atomic mass is 35.5. The first-order chi connectivity index (χ1) is 9.43. The Morgan fingerprint density at radius 3 is 2.65 bits per heavy atom. The molecule has 0 aliphatic carbocycles. The van der Waals surface area contributed by atoms with Gasteiger partial charge in [0.15, 0.2) is 0 Å². The Hall–Kier alpha value is -0.760. The molecule has 1 nitrogen and oxygen atoms in total. The third-order valence-corrected chi connectivity index (χ3v) is 4.77. The van der Waals surface area contributed by atoms with Gasteiger partial charge in [0.05, 0.1) is 5.69 Å². The number of halogens is 2. The predicted octanol–water partition coefficient (Wildman–Crippen LogP) is 5.22. The summed E-state index contributed by atoms with van der Waals surface area (Å²) in [6, 6.07) is 5.21. The molecular formula is C17H25ClFN. The summed E-state index contributed by atoms with van der Waals surface area (Å²) in [6.07, 6.45) is 3.47. The molecule has 1 aliphatic heterocycles. The minimum atomic E-state index is -0.141. The van der Waals surface area contributed by atoms with Crippen molar-refractivity contribution in [2.75, 3.05) is 18.0 Å². The molecule has 1 aromatic carbocycles. The Labute approximate surface area is 127 Å². The lowest BCUT2D eigenvalue weighted by atomic mass is 9.77. The molecule has 0 bridgehead atoms. The van der Waals surface area contributed by atoms with Crippen molar-refractivity contribution < 1.29 is 4.39 Å². The van der Waals surface area contributed by atoms with Crippen molar-refractivity contribution in [3.8, 4) is 0 Å². The fourth-order valence-electron chi connectivity index (χ4n) is 3.21. The predicted molar refractivity (Wildman–Crippen MR) is 85.0 cm³/mol. The van der Waals surface area contributed by atoms with Gasteiger partial charge >= 0.3 is 0 Å². The quantitative estimate of drug-likeness (QED) is 0.677. The SMILES string of the molecule is CC(C)(C)C1CCCN(c2c(F)cccc2CCl)CC1. The summed E-state index contributed by atoms with van der Waals surface area (Å²) < 4.78 is 14.2. The maximum Gasteiger partial charge on any atom is 0.146 e. The van der Waals surface area contributed by atoms with Crippen LogP contribution in [0.1, 0.15) is 45.6 Å². The summed E-state index contributed by atoms with van der Waals surface area (Å²) in [5.74, 6) is 0.933. The van der Waals surface area contributed by atoms with Gasteiger partial charge in [-0.25, -0.2) is 4.39 Å². The molecule has 1 unspecified atom stereocenters. The molecule has 1 fully saturated rings. The van der Waals surface area contributed by atoms with E-state index in [1.54, 1.807) is 6.07 Å². The van der Waals surface area contributed by atoms with Crippen molar-refractivity contribution in [3.05, 3.63) is 29.6 Å². The van der Waals surface area contributed by atoms with E-state index in [0.717, 1.165) is 37.2 Å². The second-order valence-electron chi connectivity index (χ2n) is 6.86. The van der Waals surface area contributed by atoms with Gasteiger partial charge in [-0.05, 0) is 42.2 Å². The van der Waals surface area contributed by atoms with E-state index < -0.39 is 0 Å². The summed E-state index contributed by atoms with van der Waals surface area (Å²) in [5.41, 5.74) is 1.96. The van der Waals surface area contributed by atoms with E-state index >= 15 is 0 Å². The third kappa shape index (κ3) is 3.46. The Morgan fingerprint density at radius 2 is 2.00 bits per heavy atom. The number of alkyl halides is 1. The van der Waals surface area contributed by atoms with E-state index in [0.29, 0.717) is 17.2 Å². The van der Waals surface area contributed by atoms with Crippen molar-refractivity contribution in [1.29, 1.82) is 0 Å². The summed E-state index contributed by atoms with van der Waals surface area (Å²) in [7, 11) is 0. The lowest BCUT2D eigenvalue weighted by molar-refractivity contribution is 0.220. The smallest absolute Gasteiger partial charge is 0.146 e. The van der Waals surface area contributed by atoms with E-state index in [9.17, 15) is 4.39 Å². The summed E-state index contributed by atoms with van der Waals surface area (Å²) >= 11 is 5.97. The molecule has 2 rings (SSSR count). The van der Waals surface area contributed by atoms with Gasteiger partial charge in [0, 0.05) is 19.0 Å². The number of rotatable bonds is 2. The number of hydrogen-bond acceptors (Lipinski definition) is 1. The molecule has 0 N–H and O–H groups in total. The average Bonchev–Trinajstić information content (AvgIpc) is 2.63.